The second kappa shape index (κ2) is 9.08. The van der Waals surface area contributed by atoms with Crippen LogP contribution in [0.2, 0.25) is 0 Å². The van der Waals surface area contributed by atoms with E-state index in [9.17, 15) is 0 Å². The fraction of sp³-hybridized carbons (Fsp3) is 0.625. The number of aryl methyl sites for hydroxylation is 2. The molecule has 0 aliphatic carbocycles. The molecular weight excluding hydrogens is 252 g/mol. The van der Waals surface area contributed by atoms with E-state index < -0.39 is 0 Å². The van der Waals surface area contributed by atoms with Crippen LogP contribution in [0.15, 0.2) is 18.2 Å². The maximum Gasteiger partial charge on any atom is 0.0589 e. The van der Waals surface area contributed by atoms with Gasteiger partial charge < -0.3 is 15.2 Å². The molecule has 114 valence electrons. The molecule has 0 bridgehead atoms. The number of benzene rings is 1. The largest absolute Gasteiger partial charge is 0.383 e. The van der Waals surface area contributed by atoms with Crippen molar-refractivity contribution in [3.05, 3.63) is 34.9 Å². The Balaban J connectivity index is 2.94. The molecule has 2 N–H and O–H groups in total. The standard InChI is InChI=1S/C16H28N2O2/c1-13-5-6-14(2)15(11-13)16(12-17)18(7-9-19-3)8-10-20-4/h5-6,11,16H,7-10,12,17H2,1-4H3. The van der Waals surface area contributed by atoms with Crippen molar-refractivity contribution in [2.45, 2.75) is 19.9 Å². The van der Waals surface area contributed by atoms with Crippen molar-refractivity contribution >= 4 is 0 Å². The summed E-state index contributed by atoms with van der Waals surface area (Å²) in [6.45, 7) is 7.96. The van der Waals surface area contributed by atoms with Gasteiger partial charge in [0.2, 0.25) is 0 Å². The first kappa shape index (κ1) is 17.1. The number of hydrogen-bond acceptors (Lipinski definition) is 4. The molecule has 0 heterocycles. The van der Waals surface area contributed by atoms with E-state index in [2.05, 4.69) is 36.9 Å². The van der Waals surface area contributed by atoms with Gasteiger partial charge in [0.25, 0.3) is 0 Å². The summed E-state index contributed by atoms with van der Waals surface area (Å²) in [5, 5.41) is 0. The van der Waals surface area contributed by atoms with Crippen LogP contribution >= 0.6 is 0 Å². The predicted molar refractivity (Wildman–Crippen MR) is 83.0 cm³/mol. The molecule has 0 fully saturated rings. The molecule has 0 radical (unpaired) electrons. The van der Waals surface area contributed by atoms with E-state index in [-0.39, 0.29) is 6.04 Å². The van der Waals surface area contributed by atoms with Crippen molar-refractivity contribution in [1.29, 1.82) is 0 Å². The molecule has 0 amide bonds. The SMILES string of the molecule is COCCN(CCOC)C(CN)c1cc(C)ccc1C. The second-order valence-electron chi connectivity index (χ2n) is 5.13. The van der Waals surface area contributed by atoms with Crippen LogP contribution in [0, 0.1) is 13.8 Å². The Hall–Kier alpha value is -0.940. The fourth-order valence-electron chi connectivity index (χ4n) is 2.43. The van der Waals surface area contributed by atoms with Crippen molar-refractivity contribution in [2.24, 2.45) is 5.73 Å². The Bertz CT molecular complexity index is 388. The lowest BCUT2D eigenvalue weighted by Crippen LogP contribution is -2.38. The summed E-state index contributed by atoms with van der Waals surface area (Å²) >= 11 is 0. The quantitative estimate of drug-likeness (QED) is 0.750. The highest BCUT2D eigenvalue weighted by atomic mass is 16.5. The molecule has 1 aromatic carbocycles. The highest BCUT2D eigenvalue weighted by Crippen LogP contribution is 2.24. The van der Waals surface area contributed by atoms with Gasteiger partial charge in [0.1, 0.15) is 0 Å². The van der Waals surface area contributed by atoms with Crippen molar-refractivity contribution in [3.63, 3.8) is 0 Å². The molecule has 1 atom stereocenters. The average molecular weight is 280 g/mol. The summed E-state index contributed by atoms with van der Waals surface area (Å²) in [5.41, 5.74) is 9.90. The first-order chi connectivity index (χ1) is 9.63. The minimum atomic E-state index is 0.209. The van der Waals surface area contributed by atoms with Gasteiger partial charge in [-0.3, -0.25) is 4.90 Å². The number of methoxy groups -OCH3 is 2. The monoisotopic (exact) mass is 280 g/mol. The van der Waals surface area contributed by atoms with Gasteiger partial charge in [-0.2, -0.15) is 0 Å². The van der Waals surface area contributed by atoms with Crippen LogP contribution in [-0.4, -0.2) is 52.0 Å². The molecule has 1 rings (SSSR count). The minimum absolute atomic E-state index is 0.209. The summed E-state index contributed by atoms with van der Waals surface area (Å²) in [7, 11) is 3.45. The summed E-state index contributed by atoms with van der Waals surface area (Å²) in [6, 6.07) is 6.75. The van der Waals surface area contributed by atoms with E-state index in [1.54, 1.807) is 14.2 Å². The third-order valence-electron chi connectivity index (χ3n) is 3.62. The lowest BCUT2D eigenvalue weighted by Gasteiger charge is -2.32. The molecule has 0 aliphatic heterocycles. The highest BCUT2D eigenvalue weighted by Gasteiger charge is 2.20. The Kier molecular flexibility index (Phi) is 7.77. The molecule has 0 spiro atoms. The van der Waals surface area contributed by atoms with Gasteiger partial charge in [0, 0.05) is 39.9 Å². The third-order valence-corrected chi connectivity index (χ3v) is 3.62. The predicted octanol–water partition coefficient (Wildman–Crippen LogP) is 1.90. The van der Waals surface area contributed by atoms with Gasteiger partial charge in [-0.1, -0.05) is 23.8 Å². The minimum Gasteiger partial charge on any atom is -0.383 e. The maximum absolute atomic E-state index is 6.04. The van der Waals surface area contributed by atoms with Crippen LogP contribution < -0.4 is 5.73 Å². The normalized spacial score (nSPS) is 12.9. The molecular formula is C16H28N2O2. The zero-order valence-electron chi connectivity index (χ0n) is 13.2. The van der Waals surface area contributed by atoms with E-state index in [0.717, 1.165) is 13.1 Å². The van der Waals surface area contributed by atoms with Gasteiger partial charge in [0.15, 0.2) is 0 Å². The zero-order chi connectivity index (χ0) is 15.0. The fourth-order valence-corrected chi connectivity index (χ4v) is 2.43. The molecule has 1 aromatic rings. The van der Waals surface area contributed by atoms with Crippen molar-refractivity contribution in [3.8, 4) is 0 Å². The zero-order valence-corrected chi connectivity index (χ0v) is 13.2. The van der Waals surface area contributed by atoms with E-state index in [1.165, 1.54) is 16.7 Å². The Morgan fingerprint density at radius 1 is 1.10 bits per heavy atom. The summed E-state index contributed by atoms with van der Waals surface area (Å²) in [4.78, 5) is 2.34. The Labute approximate surface area is 122 Å². The second-order valence-corrected chi connectivity index (χ2v) is 5.13. The van der Waals surface area contributed by atoms with Crippen LogP contribution in [0.4, 0.5) is 0 Å². The first-order valence-corrected chi connectivity index (χ1v) is 7.13. The molecule has 0 saturated carbocycles. The molecule has 1 unspecified atom stereocenters. The number of hydrogen-bond donors (Lipinski definition) is 1. The smallest absolute Gasteiger partial charge is 0.0589 e. The lowest BCUT2D eigenvalue weighted by molar-refractivity contribution is 0.0889. The summed E-state index contributed by atoms with van der Waals surface area (Å²) in [6.07, 6.45) is 0. The van der Waals surface area contributed by atoms with Crippen LogP contribution in [-0.2, 0) is 9.47 Å². The number of nitrogens with zero attached hydrogens (tertiary/aromatic N) is 1. The van der Waals surface area contributed by atoms with Crippen LogP contribution in [0.25, 0.3) is 0 Å². The first-order valence-electron chi connectivity index (χ1n) is 7.13. The average Bonchev–Trinajstić information content (AvgIpc) is 2.45. The van der Waals surface area contributed by atoms with E-state index in [4.69, 9.17) is 15.2 Å². The van der Waals surface area contributed by atoms with E-state index >= 15 is 0 Å². The maximum atomic E-state index is 6.04. The number of nitrogens with two attached hydrogens (primary N) is 1. The number of ether oxygens (including phenoxy) is 2. The van der Waals surface area contributed by atoms with E-state index in [0.29, 0.717) is 19.8 Å². The van der Waals surface area contributed by atoms with Gasteiger partial charge >= 0.3 is 0 Å². The molecule has 0 saturated heterocycles. The van der Waals surface area contributed by atoms with Crippen LogP contribution in [0.1, 0.15) is 22.7 Å². The third kappa shape index (κ3) is 4.87. The Morgan fingerprint density at radius 2 is 1.70 bits per heavy atom. The van der Waals surface area contributed by atoms with Gasteiger partial charge in [-0.25, -0.2) is 0 Å². The molecule has 4 nitrogen and oxygen atoms in total. The van der Waals surface area contributed by atoms with Gasteiger partial charge in [-0.05, 0) is 25.0 Å². The molecule has 20 heavy (non-hydrogen) atoms. The van der Waals surface area contributed by atoms with Gasteiger partial charge in [0.05, 0.1) is 13.2 Å². The van der Waals surface area contributed by atoms with Crippen molar-refractivity contribution in [1.82, 2.24) is 4.90 Å². The lowest BCUT2D eigenvalue weighted by atomic mass is 9.97. The number of rotatable bonds is 9. The molecule has 4 heteroatoms. The summed E-state index contributed by atoms with van der Waals surface area (Å²) < 4.78 is 10.4. The highest BCUT2D eigenvalue weighted by molar-refractivity contribution is 5.33. The molecule has 0 aliphatic rings. The van der Waals surface area contributed by atoms with Crippen molar-refractivity contribution < 1.29 is 9.47 Å². The summed E-state index contributed by atoms with van der Waals surface area (Å²) in [5.74, 6) is 0. The van der Waals surface area contributed by atoms with Gasteiger partial charge in [-0.15, -0.1) is 0 Å². The van der Waals surface area contributed by atoms with E-state index in [1.807, 2.05) is 0 Å². The van der Waals surface area contributed by atoms with Crippen LogP contribution in [0.5, 0.6) is 0 Å². The molecule has 0 aromatic heterocycles. The van der Waals surface area contributed by atoms with Crippen LogP contribution in [0.3, 0.4) is 0 Å². The van der Waals surface area contributed by atoms with Crippen molar-refractivity contribution in [2.75, 3.05) is 47.1 Å². The Morgan fingerprint density at radius 3 is 2.20 bits per heavy atom. The topological polar surface area (TPSA) is 47.7 Å².